The monoisotopic (exact) mass is 320 g/mol. The SMILES string of the molecule is COc1cc(N2CCN(C(=O)N3CCOCC3)CC2=O)ccn1. The van der Waals surface area contributed by atoms with Crippen molar-refractivity contribution < 1.29 is 19.1 Å². The van der Waals surface area contributed by atoms with Crippen molar-refractivity contribution in [3.63, 3.8) is 0 Å². The number of carbonyl (C=O) groups excluding carboxylic acids is 2. The molecule has 0 N–H and O–H groups in total. The topological polar surface area (TPSA) is 75.2 Å². The highest BCUT2D eigenvalue weighted by Crippen LogP contribution is 2.21. The Kier molecular flexibility index (Phi) is 4.61. The first-order valence-electron chi connectivity index (χ1n) is 7.61. The summed E-state index contributed by atoms with van der Waals surface area (Å²) in [6, 6.07) is 3.39. The number of rotatable bonds is 2. The Labute approximate surface area is 134 Å². The minimum Gasteiger partial charge on any atom is -0.481 e. The van der Waals surface area contributed by atoms with Gasteiger partial charge in [-0.15, -0.1) is 0 Å². The van der Waals surface area contributed by atoms with Gasteiger partial charge in [-0.05, 0) is 6.07 Å². The van der Waals surface area contributed by atoms with Crippen LogP contribution in [-0.4, -0.2) is 79.8 Å². The summed E-state index contributed by atoms with van der Waals surface area (Å²) in [5.41, 5.74) is 0.736. The molecule has 124 valence electrons. The first kappa shape index (κ1) is 15.5. The number of pyridine rings is 1. The summed E-state index contributed by atoms with van der Waals surface area (Å²) in [4.78, 5) is 33.9. The largest absolute Gasteiger partial charge is 0.481 e. The average molecular weight is 320 g/mol. The lowest BCUT2D eigenvalue weighted by Gasteiger charge is -2.38. The molecule has 0 bridgehead atoms. The van der Waals surface area contributed by atoms with E-state index in [0.717, 1.165) is 5.69 Å². The fourth-order valence-corrected chi connectivity index (χ4v) is 2.74. The summed E-state index contributed by atoms with van der Waals surface area (Å²) in [6.45, 7) is 3.31. The van der Waals surface area contributed by atoms with Gasteiger partial charge >= 0.3 is 6.03 Å². The Balaban J connectivity index is 1.64. The molecule has 0 spiro atoms. The Hall–Kier alpha value is -2.35. The van der Waals surface area contributed by atoms with Gasteiger partial charge < -0.3 is 24.2 Å². The Bertz CT molecular complexity index is 589. The van der Waals surface area contributed by atoms with Crippen LogP contribution in [0.25, 0.3) is 0 Å². The molecule has 0 unspecified atom stereocenters. The molecule has 3 heterocycles. The maximum Gasteiger partial charge on any atom is 0.320 e. The number of urea groups is 1. The van der Waals surface area contributed by atoms with Crippen LogP contribution in [0.3, 0.4) is 0 Å². The van der Waals surface area contributed by atoms with Crippen molar-refractivity contribution in [3.05, 3.63) is 18.3 Å². The highest BCUT2D eigenvalue weighted by atomic mass is 16.5. The van der Waals surface area contributed by atoms with Gasteiger partial charge in [0.2, 0.25) is 11.8 Å². The van der Waals surface area contributed by atoms with Crippen molar-refractivity contribution in [1.82, 2.24) is 14.8 Å². The number of methoxy groups -OCH3 is 1. The standard InChI is InChI=1S/C15H20N4O4/c1-22-13-10-12(2-3-16-13)19-5-4-18(11-14(19)20)15(21)17-6-8-23-9-7-17/h2-3,10H,4-9,11H2,1H3. The van der Waals surface area contributed by atoms with E-state index in [1.165, 1.54) is 7.11 Å². The second kappa shape index (κ2) is 6.82. The van der Waals surface area contributed by atoms with E-state index in [9.17, 15) is 9.59 Å². The zero-order valence-corrected chi connectivity index (χ0v) is 13.1. The van der Waals surface area contributed by atoms with E-state index in [2.05, 4.69) is 4.98 Å². The maximum absolute atomic E-state index is 12.4. The van der Waals surface area contributed by atoms with Crippen molar-refractivity contribution in [2.75, 3.05) is 57.9 Å². The van der Waals surface area contributed by atoms with Crippen LogP contribution in [0.4, 0.5) is 10.5 Å². The van der Waals surface area contributed by atoms with E-state index < -0.39 is 0 Å². The molecule has 2 aliphatic heterocycles. The van der Waals surface area contributed by atoms with Crippen molar-refractivity contribution >= 4 is 17.6 Å². The van der Waals surface area contributed by atoms with Gasteiger partial charge in [0.15, 0.2) is 0 Å². The lowest BCUT2D eigenvalue weighted by Crippen LogP contribution is -2.57. The highest BCUT2D eigenvalue weighted by molar-refractivity contribution is 5.97. The number of morpholine rings is 1. The molecule has 0 saturated carbocycles. The Morgan fingerprint density at radius 2 is 2.00 bits per heavy atom. The number of aromatic nitrogens is 1. The predicted molar refractivity (Wildman–Crippen MR) is 82.5 cm³/mol. The van der Waals surface area contributed by atoms with Crippen LogP contribution in [0.1, 0.15) is 0 Å². The molecule has 0 aromatic carbocycles. The third-order valence-electron chi connectivity index (χ3n) is 4.01. The van der Waals surface area contributed by atoms with Gasteiger partial charge in [-0.3, -0.25) is 4.79 Å². The first-order valence-corrected chi connectivity index (χ1v) is 7.61. The van der Waals surface area contributed by atoms with Gasteiger partial charge in [0, 0.05) is 38.4 Å². The van der Waals surface area contributed by atoms with Gasteiger partial charge in [-0.25, -0.2) is 9.78 Å². The Morgan fingerprint density at radius 3 is 2.70 bits per heavy atom. The zero-order valence-electron chi connectivity index (χ0n) is 13.1. The third kappa shape index (κ3) is 3.37. The van der Waals surface area contributed by atoms with Crippen molar-refractivity contribution in [3.8, 4) is 5.88 Å². The normalized spacial score (nSPS) is 19.0. The fraction of sp³-hybridized carbons (Fsp3) is 0.533. The molecule has 0 atom stereocenters. The summed E-state index contributed by atoms with van der Waals surface area (Å²) in [7, 11) is 1.53. The summed E-state index contributed by atoms with van der Waals surface area (Å²) < 4.78 is 10.3. The van der Waals surface area contributed by atoms with Crippen LogP contribution in [0, 0.1) is 0 Å². The number of anilines is 1. The van der Waals surface area contributed by atoms with Crippen LogP contribution >= 0.6 is 0 Å². The third-order valence-corrected chi connectivity index (χ3v) is 4.01. The van der Waals surface area contributed by atoms with Crippen LogP contribution < -0.4 is 9.64 Å². The first-order chi connectivity index (χ1) is 11.2. The van der Waals surface area contributed by atoms with E-state index in [4.69, 9.17) is 9.47 Å². The van der Waals surface area contributed by atoms with Crippen molar-refractivity contribution in [2.24, 2.45) is 0 Å². The molecule has 8 heteroatoms. The molecule has 2 fully saturated rings. The number of hydrogen-bond donors (Lipinski definition) is 0. The van der Waals surface area contributed by atoms with Crippen LogP contribution in [0.15, 0.2) is 18.3 Å². The van der Waals surface area contributed by atoms with E-state index >= 15 is 0 Å². The number of carbonyl (C=O) groups is 2. The average Bonchev–Trinajstić information content (AvgIpc) is 2.61. The number of hydrogen-bond acceptors (Lipinski definition) is 5. The molecule has 1 aromatic rings. The zero-order chi connectivity index (χ0) is 16.2. The minimum absolute atomic E-state index is 0.0842. The van der Waals surface area contributed by atoms with Crippen LogP contribution in [0.2, 0.25) is 0 Å². The number of ether oxygens (including phenoxy) is 2. The quantitative estimate of drug-likeness (QED) is 0.778. The molecule has 2 saturated heterocycles. The lowest BCUT2D eigenvalue weighted by atomic mass is 10.2. The summed E-state index contributed by atoms with van der Waals surface area (Å²) in [5, 5.41) is 0. The van der Waals surface area contributed by atoms with E-state index in [1.807, 2.05) is 0 Å². The number of amides is 3. The summed E-state index contributed by atoms with van der Waals surface area (Å²) >= 11 is 0. The molecule has 3 amide bonds. The molecule has 2 aliphatic rings. The minimum atomic E-state index is -0.105. The summed E-state index contributed by atoms with van der Waals surface area (Å²) in [6.07, 6.45) is 1.60. The maximum atomic E-state index is 12.4. The fourth-order valence-electron chi connectivity index (χ4n) is 2.74. The highest BCUT2D eigenvalue weighted by Gasteiger charge is 2.31. The molecule has 0 radical (unpaired) electrons. The molecule has 23 heavy (non-hydrogen) atoms. The van der Waals surface area contributed by atoms with Gasteiger partial charge in [0.1, 0.15) is 6.54 Å². The van der Waals surface area contributed by atoms with Gasteiger partial charge in [-0.2, -0.15) is 0 Å². The predicted octanol–water partition coefficient (Wildman–Crippen LogP) is 0.191. The van der Waals surface area contributed by atoms with Crippen molar-refractivity contribution in [2.45, 2.75) is 0 Å². The molecular weight excluding hydrogens is 300 g/mol. The lowest BCUT2D eigenvalue weighted by molar-refractivity contribution is -0.120. The van der Waals surface area contributed by atoms with E-state index in [1.54, 1.807) is 33.0 Å². The molecule has 1 aromatic heterocycles. The second-order valence-electron chi connectivity index (χ2n) is 5.41. The van der Waals surface area contributed by atoms with Crippen LogP contribution in [0.5, 0.6) is 5.88 Å². The number of piperazine rings is 1. The molecular formula is C15H20N4O4. The second-order valence-corrected chi connectivity index (χ2v) is 5.41. The number of nitrogens with zero attached hydrogens (tertiary/aromatic N) is 4. The van der Waals surface area contributed by atoms with Crippen molar-refractivity contribution in [1.29, 1.82) is 0 Å². The van der Waals surface area contributed by atoms with Crippen LogP contribution in [-0.2, 0) is 9.53 Å². The molecule has 3 rings (SSSR count). The van der Waals surface area contributed by atoms with Gasteiger partial charge in [0.25, 0.3) is 0 Å². The summed E-state index contributed by atoms with van der Waals surface area (Å²) in [5.74, 6) is 0.355. The Morgan fingerprint density at radius 1 is 1.22 bits per heavy atom. The molecule has 0 aliphatic carbocycles. The van der Waals surface area contributed by atoms with Gasteiger partial charge in [0.05, 0.1) is 26.0 Å². The van der Waals surface area contributed by atoms with Gasteiger partial charge in [-0.1, -0.05) is 0 Å². The van der Waals surface area contributed by atoms with E-state index in [0.29, 0.717) is 45.3 Å². The molecule has 8 nitrogen and oxygen atoms in total. The smallest absolute Gasteiger partial charge is 0.320 e. The van der Waals surface area contributed by atoms with E-state index in [-0.39, 0.29) is 18.5 Å².